The lowest BCUT2D eigenvalue weighted by Crippen LogP contribution is -2.41. The highest BCUT2D eigenvalue weighted by Gasteiger charge is 2.35. The fourth-order valence-electron chi connectivity index (χ4n) is 4.21. The number of hydrogen-bond acceptors (Lipinski definition) is 6. The van der Waals surface area contributed by atoms with E-state index in [0.29, 0.717) is 17.4 Å². The van der Waals surface area contributed by atoms with Crippen LogP contribution >= 0.6 is 15.9 Å². The number of aromatic nitrogens is 6. The van der Waals surface area contributed by atoms with Gasteiger partial charge in [0.1, 0.15) is 36.2 Å². The number of carbonyl (C=O) groups is 1. The number of nitrogens with zero attached hydrogens (tertiary/aromatic N) is 6. The molecular formula is C28H22BrF2N7O3. The summed E-state index contributed by atoms with van der Waals surface area (Å²) in [7, 11) is 0. The van der Waals surface area contributed by atoms with Crippen LogP contribution in [0.5, 0.6) is 0 Å². The fraction of sp³-hybridized carbons (Fsp3) is 0.107. The van der Waals surface area contributed by atoms with Crippen molar-refractivity contribution < 1.29 is 18.7 Å². The van der Waals surface area contributed by atoms with Crippen molar-refractivity contribution in [1.82, 2.24) is 29.1 Å². The minimum Gasteiger partial charge on any atom is -0.381 e. The van der Waals surface area contributed by atoms with Crippen LogP contribution in [0.1, 0.15) is 11.1 Å². The molecule has 2 N–H and O–H groups in total. The van der Waals surface area contributed by atoms with Crippen molar-refractivity contribution in [3.05, 3.63) is 130 Å². The predicted molar refractivity (Wildman–Crippen MR) is 150 cm³/mol. The van der Waals surface area contributed by atoms with Crippen LogP contribution in [0.4, 0.5) is 14.5 Å². The maximum Gasteiger partial charge on any atom is 0.350 e. The average molecular weight is 622 g/mol. The van der Waals surface area contributed by atoms with Crippen LogP contribution in [-0.4, -0.2) is 40.1 Å². The molecule has 208 valence electrons. The van der Waals surface area contributed by atoms with E-state index in [1.807, 2.05) is 24.3 Å². The van der Waals surface area contributed by atoms with Crippen LogP contribution < -0.4 is 11.0 Å². The van der Waals surface area contributed by atoms with Crippen LogP contribution in [0.3, 0.4) is 0 Å². The molecule has 0 aliphatic carbocycles. The van der Waals surface area contributed by atoms with E-state index < -0.39 is 29.5 Å². The maximum atomic E-state index is 14.7. The summed E-state index contributed by atoms with van der Waals surface area (Å²) in [6, 6.07) is 16.8. The Kier molecular flexibility index (Phi) is 7.99. The molecule has 0 saturated heterocycles. The highest BCUT2D eigenvalue weighted by Crippen LogP contribution is 2.28. The summed E-state index contributed by atoms with van der Waals surface area (Å²) in [5, 5.41) is 22.3. The second-order valence-corrected chi connectivity index (χ2v) is 10.0. The molecule has 2 heterocycles. The molecule has 0 fully saturated rings. The lowest BCUT2D eigenvalue weighted by molar-refractivity contribution is -0.111. The molecule has 0 radical (unpaired) electrons. The first kappa shape index (κ1) is 27.8. The second-order valence-electron chi connectivity index (χ2n) is 9.11. The largest absolute Gasteiger partial charge is 0.381 e. The van der Waals surface area contributed by atoms with Crippen LogP contribution in [0.15, 0.2) is 101 Å². The molecule has 0 aliphatic heterocycles. The van der Waals surface area contributed by atoms with Crippen LogP contribution in [0, 0.1) is 11.6 Å². The Balaban J connectivity index is 1.33. The van der Waals surface area contributed by atoms with E-state index in [0.717, 1.165) is 26.9 Å². The Hall–Kier alpha value is -4.75. The first-order chi connectivity index (χ1) is 19.7. The van der Waals surface area contributed by atoms with E-state index in [1.165, 1.54) is 34.3 Å². The quantitative estimate of drug-likeness (QED) is 0.241. The number of benzene rings is 3. The minimum absolute atomic E-state index is 0.232. The lowest BCUT2D eigenvalue weighted by atomic mass is 9.93. The summed E-state index contributed by atoms with van der Waals surface area (Å²) in [4.78, 5) is 29.4. The number of anilines is 1. The molecule has 1 amide bonds. The van der Waals surface area contributed by atoms with Gasteiger partial charge < -0.3 is 10.4 Å². The van der Waals surface area contributed by atoms with E-state index in [2.05, 4.69) is 36.4 Å². The first-order valence-corrected chi connectivity index (χ1v) is 13.0. The molecule has 0 saturated carbocycles. The van der Waals surface area contributed by atoms with Gasteiger partial charge in [0.2, 0.25) is 5.91 Å². The Labute approximate surface area is 240 Å². The zero-order chi connectivity index (χ0) is 29.0. The van der Waals surface area contributed by atoms with Gasteiger partial charge in [0.05, 0.1) is 18.8 Å². The summed E-state index contributed by atoms with van der Waals surface area (Å²) in [6.45, 7) is -0.737. The number of rotatable bonds is 9. The fourth-order valence-corrected chi connectivity index (χ4v) is 4.63. The number of amides is 1. The highest BCUT2D eigenvalue weighted by molar-refractivity contribution is 9.10. The molecule has 2 aromatic heterocycles. The molecule has 5 rings (SSSR count). The molecule has 41 heavy (non-hydrogen) atoms. The summed E-state index contributed by atoms with van der Waals surface area (Å²) in [5.74, 6) is -2.12. The van der Waals surface area contributed by atoms with Gasteiger partial charge in [-0.15, -0.1) is 0 Å². The van der Waals surface area contributed by atoms with Gasteiger partial charge in [-0.05, 0) is 54.1 Å². The Morgan fingerprint density at radius 2 is 1.83 bits per heavy atom. The molecule has 10 nitrogen and oxygen atoms in total. The van der Waals surface area contributed by atoms with Crippen molar-refractivity contribution in [2.45, 2.75) is 18.7 Å². The van der Waals surface area contributed by atoms with Crippen LogP contribution in [0.25, 0.3) is 11.8 Å². The molecule has 0 spiro atoms. The summed E-state index contributed by atoms with van der Waals surface area (Å²) >= 11 is 3.39. The average Bonchev–Trinajstić information content (AvgIpc) is 3.57. The zero-order valence-electron chi connectivity index (χ0n) is 21.2. The van der Waals surface area contributed by atoms with E-state index in [9.17, 15) is 23.5 Å². The molecule has 3 aromatic carbocycles. The van der Waals surface area contributed by atoms with Crippen molar-refractivity contribution in [1.29, 1.82) is 0 Å². The summed E-state index contributed by atoms with van der Waals surface area (Å²) in [6.07, 6.45) is 6.92. The monoisotopic (exact) mass is 621 g/mol. The SMILES string of the molecule is O=C(/C=C/c1cccc(Br)c1)Nc1ccc(-n2cnn(CC(O)(Cn3cncn3)c3ccc(F)cc3F)c2=O)cc1. The van der Waals surface area contributed by atoms with E-state index in [1.54, 1.807) is 30.3 Å². The van der Waals surface area contributed by atoms with E-state index in [4.69, 9.17) is 0 Å². The molecule has 13 heteroatoms. The number of aliphatic hydroxyl groups is 1. The summed E-state index contributed by atoms with van der Waals surface area (Å²) < 4.78 is 32.7. The maximum absolute atomic E-state index is 14.7. The van der Waals surface area contributed by atoms with Gasteiger partial charge >= 0.3 is 5.69 Å². The van der Waals surface area contributed by atoms with Crippen molar-refractivity contribution in [3.8, 4) is 5.69 Å². The predicted octanol–water partition coefficient (Wildman–Crippen LogP) is 3.91. The summed E-state index contributed by atoms with van der Waals surface area (Å²) in [5.41, 5.74) is -1.06. The number of carbonyl (C=O) groups excluding carboxylic acids is 1. The number of nitrogens with one attached hydrogen (secondary N) is 1. The first-order valence-electron chi connectivity index (χ1n) is 12.2. The lowest BCUT2D eigenvalue weighted by Gasteiger charge is -2.28. The van der Waals surface area contributed by atoms with Gasteiger partial charge in [0.15, 0.2) is 0 Å². The molecule has 0 aliphatic rings. The Morgan fingerprint density at radius 1 is 1.02 bits per heavy atom. The van der Waals surface area contributed by atoms with Crippen LogP contribution in [0.2, 0.25) is 0 Å². The van der Waals surface area contributed by atoms with Crippen molar-refractivity contribution in [2.75, 3.05) is 5.32 Å². The van der Waals surface area contributed by atoms with Crippen molar-refractivity contribution in [3.63, 3.8) is 0 Å². The van der Waals surface area contributed by atoms with E-state index >= 15 is 0 Å². The Bertz CT molecular complexity index is 1770. The molecular weight excluding hydrogens is 600 g/mol. The van der Waals surface area contributed by atoms with Gasteiger partial charge in [-0.25, -0.2) is 32.5 Å². The molecule has 0 bridgehead atoms. The van der Waals surface area contributed by atoms with E-state index in [-0.39, 0.29) is 18.0 Å². The van der Waals surface area contributed by atoms with Gasteiger partial charge in [-0.3, -0.25) is 4.79 Å². The van der Waals surface area contributed by atoms with Gasteiger partial charge in [-0.2, -0.15) is 10.2 Å². The molecule has 1 unspecified atom stereocenters. The van der Waals surface area contributed by atoms with Gasteiger partial charge in [0, 0.05) is 27.9 Å². The topological polar surface area (TPSA) is 120 Å². The third-order valence-corrected chi connectivity index (χ3v) is 6.65. The third kappa shape index (κ3) is 6.53. The molecule has 5 aromatic rings. The normalized spacial score (nSPS) is 12.9. The van der Waals surface area contributed by atoms with Crippen molar-refractivity contribution >= 4 is 33.6 Å². The third-order valence-electron chi connectivity index (χ3n) is 6.16. The van der Waals surface area contributed by atoms with Gasteiger partial charge in [-0.1, -0.05) is 34.1 Å². The minimum atomic E-state index is -2.02. The zero-order valence-corrected chi connectivity index (χ0v) is 22.8. The van der Waals surface area contributed by atoms with Gasteiger partial charge in [0.25, 0.3) is 0 Å². The Morgan fingerprint density at radius 3 is 2.54 bits per heavy atom. The standard InChI is InChI=1S/C28H22BrF2N7O3/c29-20-3-1-2-19(12-20)4-11-26(39)35-22-6-8-23(9-7-22)37-18-34-38(27(37)40)15-28(41,14-36-17-32-16-33-36)24-10-5-21(30)13-25(24)31/h1-13,16-18,41H,14-15H2,(H,35,39)/b11-4+. The van der Waals surface area contributed by atoms with Crippen LogP contribution in [-0.2, 0) is 23.5 Å². The smallest absolute Gasteiger partial charge is 0.350 e. The highest BCUT2D eigenvalue weighted by atomic mass is 79.9. The molecule has 1 atom stereocenters. The number of halogens is 3. The van der Waals surface area contributed by atoms with Crippen molar-refractivity contribution in [2.24, 2.45) is 0 Å². The number of hydrogen-bond donors (Lipinski definition) is 2. The second kappa shape index (κ2) is 11.8.